The van der Waals surface area contributed by atoms with Gasteiger partial charge in [0.05, 0.1) is 0 Å². The molecule has 1 fully saturated rings. The lowest BCUT2D eigenvalue weighted by atomic mass is 9.96. The number of ether oxygens (including phenoxy) is 1. The fourth-order valence-electron chi connectivity index (χ4n) is 5.54. The number of rotatable bonds is 4. The Kier molecular flexibility index (Phi) is 8.80. The van der Waals surface area contributed by atoms with Gasteiger partial charge in [-0.25, -0.2) is 0 Å². The first-order valence-electron chi connectivity index (χ1n) is 13.9. The molecule has 192 valence electrons. The largest absolute Gasteiger partial charge is 0.475 e. The van der Waals surface area contributed by atoms with Crippen LogP contribution in [0.15, 0.2) is 60.3 Å². The molecule has 1 saturated heterocycles. The van der Waals surface area contributed by atoms with Crippen molar-refractivity contribution in [3.05, 3.63) is 71.4 Å². The number of nitrogens with zero attached hydrogens (tertiary/aromatic N) is 3. The van der Waals surface area contributed by atoms with Crippen LogP contribution in [0.25, 0.3) is 10.9 Å². The number of allylic oxidation sites excluding steroid dienone is 1. The van der Waals surface area contributed by atoms with Gasteiger partial charge in [-0.15, -0.1) is 0 Å². The number of hydrogen-bond donors (Lipinski definition) is 1. The van der Waals surface area contributed by atoms with Crippen molar-refractivity contribution in [2.75, 3.05) is 44.4 Å². The second-order valence-electron chi connectivity index (χ2n) is 10.4. The molecule has 6 heteroatoms. The number of aromatic nitrogens is 1. The molecule has 0 atom stereocenters. The minimum Gasteiger partial charge on any atom is -0.475 e. The summed E-state index contributed by atoms with van der Waals surface area (Å²) in [6, 6.07) is 14.5. The van der Waals surface area contributed by atoms with Crippen molar-refractivity contribution in [1.82, 2.24) is 15.2 Å². The Bertz CT molecular complexity index is 1200. The van der Waals surface area contributed by atoms with Crippen LogP contribution in [0.1, 0.15) is 49.7 Å². The number of fused-ring (bicyclic) bond motifs is 3. The van der Waals surface area contributed by atoms with E-state index < -0.39 is 0 Å². The van der Waals surface area contributed by atoms with Crippen LogP contribution in [0.3, 0.4) is 0 Å². The van der Waals surface area contributed by atoms with Crippen molar-refractivity contribution in [3.63, 3.8) is 0 Å². The lowest BCUT2D eigenvalue weighted by Crippen LogP contribution is -2.43. The van der Waals surface area contributed by atoms with Crippen LogP contribution in [0.4, 0.5) is 5.69 Å². The normalized spacial score (nSPS) is 18.2. The first kappa shape index (κ1) is 25.8. The highest BCUT2D eigenvalue weighted by molar-refractivity contribution is 6.32. The van der Waals surface area contributed by atoms with Crippen LogP contribution >= 0.6 is 0 Å². The molecular weight excluding hydrogens is 455 g/mol. The van der Waals surface area contributed by atoms with Gasteiger partial charge in [0.15, 0.2) is 5.75 Å². The fourth-order valence-corrected chi connectivity index (χ4v) is 5.54. The Morgan fingerprint density at radius 2 is 1.89 bits per heavy atom. The molecular formula is C31H39BN4O. The van der Waals surface area contributed by atoms with Gasteiger partial charge in [0.1, 0.15) is 20.1 Å². The highest BCUT2D eigenvalue weighted by Gasteiger charge is 2.21. The van der Waals surface area contributed by atoms with E-state index in [9.17, 15) is 0 Å². The van der Waals surface area contributed by atoms with E-state index >= 15 is 0 Å². The third kappa shape index (κ3) is 6.74. The summed E-state index contributed by atoms with van der Waals surface area (Å²) < 4.78 is 6.11. The topological polar surface area (TPSA) is 40.6 Å². The van der Waals surface area contributed by atoms with Gasteiger partial charge in [0, 0.05) is 62.1 Å². The molecule has 0 saturated carbocycles. The molecule has 0 bridgehead atoms. The van der Waals surface area contributed by atoms with Crippen LogP contribution in [-0.4, -0.2) is 57.2 Å². The predicted octanol–water partition coefficient (Wildman–Crippen LogP) is 4.87. The molecule has 1 aliphatic carbocycles. The Labute approximate surface area is 223 Å². The number of hydrogen-bond acceptors (Lipinski definition) is 5. The van der Waals surface area contributed by atoms with Gasteiger partial charge < -0.3 is 15.0 Å². The molecule has 3 aromatic rings. The molecule has 3 heterocycles. The molecule has 3 aliphatic rings. The first-order chi connectivity index (χ1) is 18.2. The highest BCUT2D eigenvalue weighted by Crippen LogP contribution is 2.34. The van der Waals surface area contributed by atoms with Gasteiger partial charge in [-0.3, -0.25) is 9.88 Å². The monoisotopic (exact) mass is 494 g/mol. The van der Waals surface area contributed by atoms with E-state index in [4.69, 9.17) is 12.6 Å². The maximum atomic E-state index is 6.11. The fraction of sp³-hybridized carbons (Fsp3) is 0.452. The number of anilines is 1. The van der Waals surface area contributed by atoms with E-state index in [-0.39, 0.29) is 0 Å². The van der Waals surface area contributed by atoms with E-state index in [2.05, 4.69) is 57.4 Å². The zero-order valence-corrected chi connectivity index (χ0v) is 22.2. The number of benzene rings is 2. The SMILES string of the molecule is Cc1cc2c(c3ncccc13)OCN(CCC1=CCCCCC1)C2.[B]c1ccc(N2CCNCC2)cc1. The summed E-state index contributed by atoms with van der Waals surface area (Å²) in [5.74, 6) is 0.987. The zero-order valence-electron chi connectivity index (χ0n) is 22.2. The van der Waals surface area contributed by atoms with Crippen LogP contribution in [0, 0.1) is 6.92 Å². The van der Waals surface area contributed by atoms with E-state index in [1.807, 2.05) is 24.4 Å². The molecule has 0 spiro atoms. The molecule has 1 N–H and O–H groups in total. The summed E-state index contributed by atoms with van der Waals surface area (Å²) in [6.07, 6.45) is 12.2. The molecule has 0 amide bonds. The van der Waals surface area contributed by atoms with Crippen molar-refractivity contribution in [2.45, 2.75) is 52.0 Å². The molecule has 2 aliphatic heterocycles. The Morgan fingerprint density at radius 3 is 2.73 bits per heavy atom. The van der Waals surface area contributed by atoms with Gasteiger partial charge in [-0.1, -0.05) is 47.8 Å². The summed E-state index contributed by atoms with van der Waals surface area (Å²) in [7, 11) is 5.63. The van der Waals surface area contributed by atoms with Crippen molar-refractivity contribution in [1.29, 1.82) is 0 Å². The van der Waals surface area contributed by atoms with Gasteiger partial charge in [-0.2, -0.15) is 0 Å². The van der Waals surface area contributed by atoms with Gasteiger partial charge in [-0.05, 0) is 62.8 Å². The van der Waals surface area contributed by atoms with Gasteiger partial charge >= 0.3 is 0 Å². The summed E-state index contributed by atoms with van der Waals surface area (Å²) in [6.45, 7) is 9.22. The van der Waals surface area contributed by atoms with Crippen LogP contribution in [0.5, 0.6) is 5.75 Å². The molecule has 2 radical (unpaired) electrons. The molecule has 0 unspecified atom stereocenters. The molecule has 6 rings (SSSR count). The number of nitrogens with one attached hydrogen (secondary N) is 1. The maximum absolute atomic E-state index is 6.11. The molecule has 37 heavy (non-hydrogen) atoms. The van der Waals surface area contributed by atoms with Crippen molar-refractivity contribution >= 4 is 29.9 Å². The zero-order chi connectivity index (χ0) is 25.5. The quantitative estimate of drug-likeness (QED) is 0.414. The van der Waals surface area contributed by atoms with Crippen molar-refractivity contribution in [3.8, 4) is 5.75 Å². The summed E-state index contributed by atoms with van der Waals surface area (Å²) >= 11 is 0. The maximum Gasteiger partial charge on any atom is 0.152 e. The second-order valence-corrected chi connectivity index (χ2v) is 10.4. The predicted molar refractivity (Wildman–Crippen MR) is 155 cm³/mol. The van der Waals surface area contributed by atoms with Gasteiger partial charge in [0.25, 0.3) is 0 Å². The number of aryl methyl sites for hydroxylation is 1. The molecule has 1 aromatic heterocycles. The minimum atomic E-state index is 0.676. The average molecular weight is 494 g/mol. The van der Waals surface area contributed by atoms with Crippen LogP contribution in [0.2, 0.25) is 0 Å². The third-order valence-corrected chi connectivity index (χ3v) is 7.67. The van der Waals surface area contributed by atoms with Crippen molar-refractivity contribution < 1.29 is 4.74 Å². The summed E-state index contributed by atoms with van der Waals surface area (Å²) in [5.41, 5.74) is 7.33. The standard InChI is InChI=1S/C21H26N2O.C10H13BN2/c1-16-13-18-14-23(12-10-17-7-4-2-3-5-8-17)15-24-21(18)20-19(16)9-6-11-22-20;11-9-1-3-10(4-2-9)13-7-5-12-6-8-13/h6-7,9,11,13H,2-5,8,10,12,14-15H2,1H3;1-4,12H,5-8H2. The summed E-state index contributed by atoms with van der Waals surface area (Å²) in [5, 5.41) is 4.53. The molecule has 2 aromatic carbocycles. The highest BCUT2D eigenvalue weighted by atomic mass is 16.5. The molecule has 5 nitrogen and oxygen atoms in total. The van der Waals surface area contributed by atoms with E-state index in [1.165, 1.54) is 60.7 Å². The number of piperazine rings is 1. The Hall–Kier alpha value is -2.83. The van der Waals surface area contributed by atoms with E-state index in [0.29, 0.717) is 6.73 Å². The first-order valence-corrected chi connectivity index (χ1v) is 13.9. The minimum absolute atomic E-state index is 0.676. The smallest absolute Gasteiger partial charge is 0.152 e. The number of pyridine rings is 1. The Morgan fingerprint density at radius 1 is 1.05 bits per heavy atom. The lowest BCUT2D eigenvalue weighted by Gasteiger charge is -2.30. The van der Waals surface area contributed by atoms with E-state index in [1.54, 1.807) is 5.57 Å². The van der Waals surface area contributed by atoms with Crippen molar-refractivity contribution in [2.24, 2.45) is 0 Å². The average Bonchev–Trinajstić information content (AvgIpc) is 3.22. The van der Waals surface area contributed by atoms with Crippen LogP contribution in [-0.2, 0) is 6.54 Å². The third-order valence-electron chi connectivity index (χ3n) is 7.67. The summed E-state index contributed by atoms with van der Waals surface area (Å²) in [4.78, 5) is 9.35. The lowest BCUT2D eigenvalue weighted by molar-refractivity contribution is 0.0977. The van der Waals surface area contributed by atoms with Crippen LogP contribution < -0.4 is 20.4 Å². The Balaban J connectivity index is 0.000000182. The second kappa shape index (κ2) is 12.6. The van der Waals surface area contributed by atoms with Gasteiger partial charge in [0.2, 0.25) is 0 Å². The van der Waals surface area contributed by atoms with E-state index in [0.717, 1.165) is 56.0 Å².